The second kappa shape index (κ2) is 7.06. The van der Waals surface area contributed by atoms with E-state index in [1.54, 1.807) is 31.2 Å². The van der Waals surface area contributed by atoms with Crippen LogP contribution in [0.3, 0.4) is 0 Å². The molecule has 0 atom stereocenters. The number of carbonyl (C=O) groups is 1. The lowest BCUT2D eigenvalue weighted by Gasteiger charge is -2.05. The van der Waals surface area contributed by atoms with E-state index < -0.39 is 17.0 Å². The molecule has 0 saturated carbocycles. The molecule has 0 radical (unpaired) electrons. The second-order valence-corrected chi connectivity index (χ2v) is 5.84. The van der Waals surface area contributed by atoms with Gasteiger partial charge < -0.3 is 15.7 Å². The van der Waals surface area contributed by atoms with Crippen molar-refractivity contribution in [3.8, 4) is 0 Å². The number of nitrogens with two attached hydrogens (primary N) is 1. The van der Waals surface area contributed by atoms with Crippen LogP contribution in [0.5, 0.6) is 0 Å². The first-order valence-electron chi connectivity index (χ1n) is 7.96. The second-order valence-electron chi connectivity index (χ2n) is 5.84. The van der Waals surface area contributed by atoms with Crippen LogP contribution in [0.15, 0.2) is 58.1 Å². The van der Waals surface area contributed by atoms with Gasteiger partial charge in [-0.25, -0.2) is 0 Å². The average Bonchev–Trinajstić information content (AvgIpc) is 2.61. The average molecular weight is 347 g/mol. The van der Waals surface area contributed by atoms with Crippen LogP contribution in [0.25, 0.3) is 12.2 Å². The van der Waals surface area contributed by atoms with Crippen LogP contribution in [-0.4, -0.2) is 15.9 Å². The van der Waals surface area contributed by atoms with Gasteiger partial charge in [0.05, 0.1) is 0 Å². The van der Waals surface area contributed by atoms with Crippen molar-refractivity contribution in [2.75, 3.05) is 0 Å². The maximum atomic E-state index is 12.4. The maximum Gasteiger partial charge on any atom is 0.272 e. The molecule has 0 saturated heterocycles. The van der Waals surface area contributed by atoms with Crippen LogP contribution in [0, 0.1) is 6.92 Å². The molecule has 0 unspecified atom stereocenters. The summed E-state index contributed by atoms with van der Waals surface area (Å²) in [6.45, 7) is 1.79. The smallest absolute Gasteiger partial charge is 0.272 e. The van der Waals surface area contributed by atoms with Gasteiger partial charge in [0.2, 0.25) is 5.91 Å². The Balaban J connectivity index is 2.21. The third-order valence-corrected chi connectivity index (χ3v) is 3.97. The molecule has 1 aromatic heterocycles. The Morgan fingerprint density at radius 1 is 0.885 bits per heavy atom. The number of aromatic nitrogens is 2. The van der Waals surface area contributed by atoms with Crippen LogP contribution < -0.4 is 27.6 Å². The molecule has 3 aromatic rings. The van der Waals surface area contributed by atoms with Gasteiger partial charge in [-0.3, -0.25) is 14.4 Å². The largest absolute Gasteiger partial charge is 0.366 e. The van der Waals surface area contributed by atoms with E-state index in [0.29, 0.717) is 5.56 Å². The van der Waals surface area contributed by atoms with Crippen molar-refractivity contribution in [1.82, 2.24) is 9.97 Å². The molecular formula is C20H17N3O3. The van der Waals surface area contributed by atoms with Gasteiger partial charge in [0.25, 0.3) is 11.1 Å². The summed E-state index contributed by atoms with van der Waals surface area (Å²) in [6.07, 6.45) is 3.05. The van der Waals surface area contributed by atoms with Crippen LogP contribution in [0.2, 0.25) is 0 Å². The molecule has 2 aromatic carbocycles. The number of H-pyrrole nitrogens is 2. The van der Waals surface area contributed by atoms with Gasteiger partial charge in [-0.2, -0.15) is 0 Å². The van der Waals surface area contributed by atoms with Gasteiger partial charge in [-0.15, -0.1) is 0 Å². The standard InChI is InChI=1S/C20H17N3O3/c1-12-6-5-9-14(18(21)24)15(12)11-17-20(26)22-16(19(25)23-17)10-13-7-3-2-4-8-13/h2-11H,1H3,(H2,21,24)(H,22,26)(H,23,25). The minimum atomic E-state index is -0.604. The molecule has 1 amide bonds. The molecule has 130 valence electrons. The lowest BCUT2D eigenvalue weighted by molar-refractivity contribution is 0.1000. The molecule has 0 bridgehead atoms. The Labute approximate surface area is 148 Å². The lowest BCUT2D eigenvalue weighted by atomic mass is 10.0. The monoisotopic (exact) mass is 347 g/mol. The zero-order valence-corrected chi connectivity index (χ0v) is 14.1. The zero-order valence-electron chi connectivity index (χ0n) is 14.1. The quantitative estimate of drug-likeness (QED) is 0.626. The number of hydrogen-bond acceptors (Lipinski definition) is 3. The maximum absolute atomic E-state index is 12.4. The third kappa shape index (κ3) is 3.54. The summed E-state index contributed by atoms with van der Waals surface area (Å²) in [5, 5.41) is 0.204. The molecule has 1 heterocycles. The molecule has 6 nitrogen and oxygen atoms in total. The molecule has 0 aliphatic heterocycles. The van der Waals surface area contributed by atoms with Crippen LogP contribution in [0.4, 0.5) is 0 Å². The molecule has 0 fully saturated rings. The number of carbonyl (C=O) groups excluding carboxylic acids is 1. The first kappa shape index (κ1) is 17.2. The Bertz CT molecular complexity index is 1210. The highest BCUT2D eigenvalue weighted by atomic mass is 16.1. The number of amides is 1. The topological polar surface area (TPSA) is 109 Å². The van der Waals surface area contributed by atoms with E-state index in [4.69, 9.17) is 5.73 Å². The fourth-order valence-electron chi connectivity index (χ4n) is 2.64. The van der Waals surface area contributed by atoms with E-state index in [2.05, 4.69) is 9.97 Å². The molecule has 4 N–H and O–H groups in total. The summed E-state index contributed by atoms with van der Waals surface area (Å²) in [4.78, 5) is 41.5. The van der Waals surface area contributed by atoms with Crippen LogP contribution >= 0.6 is 0 Å². The number of benzene rings is 2. The van der Waals surface area contributed by atoms with Crippen molar-refractivity contribution in [3.63, 3.8) is 0 Å². The Morgan fingerprint density at radius 2 is 1.50 bits per heavy atom. The van der Waals surface area contributed by atoms with Crippen molar-refractivity contribution in [2.45, 2.75) is 6.92 Å². The summed E-state index contributed by atoms with van der Waals surface area (Å²) < 4.78 is 0. The fourth-order valence-corrected chi connectivity index (χ4v) is 2.64. The van der Waals surface area contributed by atoms with Crippen molar-refractivity contribution < 1.29 is 4.79 Å². The molecular weight excluding hydrogens is 330 g/mol. The summed E-state index contributed by atoms with van der Waals surface area (Å²) in [5.74, 6) is -0.604. The van der Waals surface area contributed by atoms with Crippen LogP contribution in [-0.2, 0) is 0 Å². The number of aryl methyl sites for hydroxylation is 1. The molecule has 6 heteroatoms. The van der Waals surface area contributed by atoms with Gasteiger partial charge >= 0.3 is 0 Å². The van der Waals surface area contributed by atoms with Crippen molar-refractivity contribution in [3.05, 3.63) is 102 Å². The summed E-state index contributed by atoms with van der Waals surface area (Å²) in [6, 6.07) is 14.3. The predicted octanol–water partition coefficient (Wildman–Crippen LogP) is 0.128. The summed E-state index contributed by atoms with van der Waals surface area (Å²) >= 11 is 0. The number of hydrogen-bond donors (Lipinski definition) is 3. The lowest BCUT2D eigenvalue weighted by Crippen LogP contribution is -2.46. The van der Waals surface area contributed by atoms with E-state index in [9.17, 15) is 14.4 Å². The van der Waals surface area contributed by atoms with Gasteiger partial charge in [-0.1, -0.05) is 42.5 Å². The Morgan fingerprint density at radius 3 is 2.12 bits per heavy atom. The van der Waals surface area contributed by atoms with Gasteiger partial charge in [0, 0.05) is 5.56 Å². The molecule has 0 aliphatic rings. The van der Waals surface area contributed by atoms with E-state index in [-0.39, 0.29) is 16.3 Å². The predicted molar refractivity (Wildman–Crippen MR) is 100 cm³/mol. The van der Waals surface area contributed by atoms with E-state index in [1.807, 2.05) is 30.3 Å². The van der Waals surface area contributed by atoms with Crippen molar-refractivity contribution >= 4 is 18.1 Å². The Kier molecular flexibility index (Phi) is 4.66. The van der Waals surface area contributed by atoms with E-state index in [0.717, 1.165) is 11.1 Å². The van der Waals surface area contributed by atoms with Crippen LogP contribution in [0.1, 0.15) is 27.0 Å². The number of aromatic amines is 2. The van der Waals surface area contributed by atoms with Crippen molar-refractivity contribution in [1.29, 1.82) is 0 Å². The highest BCUT2D eigenvalue weighted by Crippen LogP contribution is 2.14. The van der Waals surface area contributed by atoms with Crippen molar-refractivity contribution in [2.24, 2.45) is 5.73 Å². The summed E-state index contributed by atoms with van der Waals surface area (Å²) in [5.41, 5.74) is 6.83. The summed E-state index contributed by atoms with van der Waals surface area (Å²) in [7, 11) is 0. The van der Waals surface area contributed by atoms with E-state index >= 15 is 0 Å². The fraction of sp³-hybridized carbons (Fsp3) is 0.0500. The first-order valence-corrected chi connectivity index (χ1v) is 7.96. The minimum Gasteiger partial charge on any atom is -0.366 e. The number of rotatable bonds is 3. The first-order chi connectivity index (χ1) is 12.5. The number of primary amides is 1. The minimum absolute atomic E-state index is 0.0528. The van der Waals surface area contributed by atoms with E-state index in [1.165, 1.54) is 6.08 Å². The highest BCUT2D eigenvalue weighted by Gasteiger charge is 2.08. The highest BCUT2D eigenvalue weighted by molar-refractivity contribution is 5.97. The SMILES string of the molecule is Cc1cccc(C(N)=O)c1C=c1[nH]c(=O)c(=Cc2ccccc2)[nH]c1=O. The Hall–Kier alpha value is -3.67. The number of nitrogens with one attached hydrogen (secondary N) is 2. The zero-order chi connectivity index (χ0) is 18.7. The molecule has 26 heavy (non-hydrogen) atoms. The third-order valence-electron chi connectivity index (χ3n) is 3.97. The van der Waals surface area contributed by atoms with Gasteiger partial charge in [0.1, 0.15) is 10.7 Å². The normalized spacial score (nSPS) is 12.3. The van der Waals surface area contributed by atoms with Gasteiger partial charge in [-0.05, 0) is 41.8 Å². The molecule has 0 aliphatic carbocycles. The molecule has 0 spiro atoms. The molecule has 3 rings (SSSR count). The van der Waals surface area contributed by atoms with Gasteiger partial charge in [0.15, 0.2) is 0 Å².